The lowest BCUT2D eigenvalue weighted by Crippen LogP contribution is -2.44. The van der Waals surface area contributed by atoms with Gasteiger partial charge in [-0.1, -0.05) is 30.3 Å². The Morgan fingerprint density at radius 3 is 2.67 bits per heavy atom. The normalized spacial score (nSPS) is 22.6. The van der Waals surface area contributed by atoms with Crippen molar-refractivity contribution in [3.63, 3.8) is 0 Å². The van der Waals surface area contributed by atoms with E-state index in [1.165, 1.54) is 23.4 Å². The molecule has 0 aliphatic carbocycles. The third-order valence-corrected chi connectivity index (χ3v) is 5.68. The summed E-state index contributed by atoms with van der Waals surface area (Å²) < 4.78 is 1.24. The molecule has 2 bridgehead atoms. The number of H-pyrrole nitrogens is 1. The van der Waals surface area contributed by atoms with E-state index in [2.05, 4.69) is 22.0 Å². The molecule has 1 amide bonds. The average Bonchev–Trinajstić information content (AvgIpc) is 2.97. The molecule has 3 fully saturated rings. The summed E-state index contributed by atoms with van der Waals surface area (Å²) in [6.07, 6.45) is 3.51. The van der Waals surface area contributed by atoms with E-state index in [-0.39, 0.29) is 11.5 Å². The third-order valence-electron chi connectivity index (χ3n) is 5.68. The van der Waals surface area contributed by atoms with Crippen LogP contribution in [-0.4, -0.2) is 50.9 Å². The zero-order valence-electron chi connectivity index (χ0n) is 15.4. The standard InChI is InChI=1S/C20H24N4O3/c1-22-13-17(18(25)21-20(22)27)19(26)24-11-15-7-8-16(12-24)23(10-15)9-14-5-3-2-4-6-14/h2-6,13,15-16H,7-12H2,1H3,(H,21,25,27)/t15-,16-/m0/s1. The molecule has 142 valence electrons. The number of benzene rings is 1. The second-order valence-corrected chi connectivity index (χ2v) is 7.64. The molecule has 7 heteroatoms. The molecular formula is C20H24N4O3. The fraction of sp³-hybridized carbons (Fsp3) is 0.450. The van der Waals surface area contributed by atoms with Crippen LogP contribution in [0.2, 0.25) is 0 Å². The van der Waals surface area contributed by atoms with E-state index >= 15 is 0 Å². The summed E-state index contributed by atoms with van der Waals surface area (Å²) in [5.74, 6) is 0.119. The van der Waals surface area contributed by atoms with Gasteiger partial charge in [0.05, 0.1) is 0 Å². The van der Waals surface area contributed by atoms with Crippen molar-refractivity contribution in [1.29, 1.82) is 0 Å². The van der Waals surface area contributed by atoms with E-state index in [4.69, 9.17) is 0 Å². The number of aromatic amines is 1. The number of amides is 1. The van der Waals surface area contributed by atoms with Gasteiger partial charge in [-0.25, -0.2) is 4.79 Å². The third kappa shape index (κ3) is 3.60. The molecule has 0 radical (unpaired) electrons. The lowest BCUT2D eigenvalue weighted by Gasteiger charge is -2.36. The van der Waals surface area contributed by atoms with Crippen molar-refractivity contribution in [2.24, 2.45) is 13.0 Å². The van der Waals surface area contributed by atoms with Crippen LogP contribution in [0.25, 0.3) is 0 Å². The molecule has 3 aliphatic rings. The van der Waals surface area contributed by atoms with Crippen LogP contribution in [0, 0.1) is 5.92 Å². The Morgan fingerprint density at radius 1 is 1.11 bits per heavy atom. The smallest absolute Gasteiger partial charge is 0.328 e. The van der Waals surface area contributed by atoms with Crippen molar-refractivity contribution in [3.8, 4) is 0 Å². The van der Waals surface area contributed by atoms with Gasteiger partial charge in [0.25, 0.3) is 11.5 Å². The minimum atomic E-state index is -0.610. The van der Waals surface area contributed by atoms with Crippen molar-refractivity contribution in [1.82, 2.24) is 19.4 Å². The number of aromatic nitrogens is 2. The summed E-state index contributed by atoms with van der Waals surface area (Å²) in [5.41, 5.74) is 0.188. The van der Waals surface area contributed by atoms with Crippen LogP contribution in [0.15, 0.2) is 46.1 Å². The number of carbonyl (C=O) groups excluding carboxylic acids is 1. The van der Waals surface area contributed by atoms with Gasteiger partial charge in [0.1, 0.15) is 5.56 Å². The maximum atomic E-state index is 13.0. The van der Waals surface area contributed by atoms with Crippen LogP contribution in [-0.2, 0) is 13.6 Å². The van der Waals surface area contributed by atoms with Crippen LogP contribution in [0.5, 0.6) is 0 Å². The summed E-state index contributed by atoms with van der Waals surface area (Å²) in [5, 5.41) is 0. The zero-order valence-corrected chi connectivity index (χ0v) is 15.4. The predicted molar refractivity (Wildman–Crippen MR) is 102 cm³/mol. The maximum Gasteiger partial charge on any atom is 0.328 e. The highest BCUT2D eigenvalue weighted by Gasteiger charge is 2.37. The van der Waals surface area contributed by atoms with Crippen LogP contribution < -0.4 is 11.2 Å². The second kappa shape index (κ2) is 7.15. The van der Waals surface area contributed by atoms with Crippen molar-refractivity contribution in [2.45, 2.75) is 25.4 Å². The van der Waals surface area contributed by atoms with E-state index in [9.17, 15) is 14.4 Å². The molecule has 3 aliphatic heterocycles. The molecule has 7 nitrogen and oxygen atoms in total. The quantitative estimate of drug-likeness (QED) is 0.870. The SMILES string of the molecule is Cn1cc(C(=O)N2C[C@H]3CC[C@@H](C2)N(Cc2ccccc2)C3)c(=O)[nH]c1=O. The fourth-order valence-corrected chi connectivity index (χ4v) is 4.24. The number of nitrogens with one attached hydrogen (secondary N) is 1. The molecule has 27 heavy (non-hydrogen) atoms. The fourth-order valence-electron chi connectivity index (χ4n) is 4.24. The molecule has 2 atom stereocenters. The first-order valence-corrected chi connectivity index (χ1v) is 9.38. The maximum absolute atomic E-state index is 13.0. The van der Waals surface area contributed by atoms with Crippen LogP contribution in [0.1, 0.15) is 28.8 Å². The topological polar surface area (TPSA) is 78.4 Å². The number of rotatable bonds is 3. The Morgan fingerprint density at radius 2 is 1.89 bits per heavy atom. The van der Waals surface area contributed by atoms with E-state index in [0.29, 0.717) is 25.0 Å². The van der Waals surface area contributed by atoms with Crippen molar-refractivity contribution in [2.75, 3.05) is 19.6 Å². The van der Waals surface area contributed by atoms with Crippen LogP contribution in [0.4, 0.5) is 0 Å². The molecule has 5 rings (SSSR count). The molecule has 0 saturated carbocycles. The van der Waals surface area contributed by atoms with Gasteiger partial charge in [-0.05, 0) is 24.3 Å². The largest absolute Gasteiger partial charge is 0.337 e. The molecule has 1 aromatic carbocycles. The van der Waals surface area contributed by atoms with Crippen LogP contribution >= 0.6 is 0 Å². The van der Waals surface area contributed by atoms with Gasteiger partial charge in [-0.2, -0.15) is 0 Å². The first-order chi connectivity index (χ1) is 13.0. The molecule has 0 spiro atoms. The van der Waals surface area contributed by atoms with Gasteiger partial charge < -0.3 is 9.47 Å². The first-order valence-electron chi connectivity index (χ1n) is 9.38. The Kier molecular flexibility index (Phi) is 4.70. The molecular weight excluding hydrogens is 344 g/mol. The zero-order chi connectivity index (χ0) is 19.0. The first kappa shape index (κ1) is 17.7. The van der Waals surface area contributed by atoms with Gasteiger partial charge in [-0.15, -0.1) is 0 Å². The number of carbonyl (C=O) groups is 1. The van der Waals surface area contributed by atoms with Gasteiger partial charge in [0.2, 0.25) is 0 Å². The van der Waals surface area contributed by atoms with E-state index in [0.717, 1.165) is 25.9 Å². The van der Waals surface area contributed by atoms with Gasteiger partial charge in [0, 0.05) is 45.5 Å². The summed E-state index contributed by atoms with van der Waals surface area (Å²) in [7, 11) is 1.53. The number of piperidine rings is 1. The number of fused-ring (bicyclic) bond motifs is 4. The molecule has 4 heterocycles. The molecule has 2 aromatic rings. The second-order valence-electron chi connectivity index (χ2n) is 7.64. The Labute approximate surface area is 157 Å². The van der Waals surface area contributed by atoms with Crippen molar-refractivity contribution < 1.29 is 4.79 Å². The molecule has 0 unspecified atom stereocenters. The van der Waals surface area contributed by atoms with Crippen molar-refractivity contribution >= 4 is 5.91 Å². The van der Waals surface area contributed by atoms with Gasteiger partial charge in [0.15, 0.2) is 0 Å². The Balaban J connectivity index is 1.55. The highest BCUT2D eigenvalue weighted by atomic mass is 16.2. The Hall–Kier alpha value is -2.67. The Bertz CT molecular complexity index is 950. The number of hydrogen-bond donors (Lipinski definition) is 1. The number of nitrogens with zero attached hydrogens (tertiary/aromatic N) is 3. The highest BCUT2D eigenvalue weighted by molar-refractivity contribution is 5.93. The summed E-state index contributed by atoms with van der Waals surface area (Å²) in [4.78, 5) is 43.1. The van der Waals surface area contributed by atoms with Gasteiger partial charge >= 0.3 is 5.69 Å². The number of hydrogen-bond acceptors (Lipinski definition) is 4. The average molecular weight is 368 g/mol. The lowest BCUT2D eigenvalue weighted by atomic mass is 9.94. The van der Waals surface area contributed by atoms with E-state index < -0.39 is 11.2 Å². The van der Waals surface area contributed by atoms with Gasteiger partial charge in [-0.3, -0.25) is 19.5 Å². The summed E-state index contributed by atoms with van der Waals surface area (Å²) in [6.45, 7) is 3.12. The molecule has 1 N–H and O–H groups in total. The number of aryl methyl sites for hydroxylation is 1. The van der Waals surface area contributed by atoms with Crippen molar-refractivity contribution in [3.05, 3.63) is 68.5 Å². The van der Waals surface area contributed by atoms with E-state index in [1.54, 1.807) is 4.90 Å². The van der Waals surface area contributed by atoms with Crippen LogP contribution in [0.3, 0.4) is 0 Å². The lowest BCUT2D eigenvalue weighted by molar-refractivity contribution is 0.0733. The minimum absolute atomic E-state index is 0.0352. The summed E-state index contributed by atoms with van der Waals surface area (Å²) in [6, 6.07) is 10.7. The molecule has 3 saturated heterocycles. The van der Waals surface area contributed by atoms with E-state index in [1.807, 2.05) is 18.2 Å². The summed E-state index contributed by atoms with van der Waals surface area (Å²) >= 11 is 0. The molecule has 1 aromatic heterocycles. The predicted octanol–water partition coefficient (Wildman–Crippen LogP) is 0.810. The highest BCUT2D eigenvalue weighted by Crippen LogP contribution is 2.29. The monoisotopic (exact) mass is 368 g/mol. The minimum Gasteiger partial charge on any atom is -0.337 e.